The van der Waals surface area contributed by atoms with Gasteiger partial charge >= 0.3 is 12.0 Å². The first-order valence-electron chi connectivity index (χ1n) is 6.24. The number of carbonyl (C=O) groups excluding carboxylic acids is 1. The van der Waals surface area contributed by atoms with Crippen LogP contribution in [0.25, 0.3) is 0 Å². The Kier molecular flexibility index (Phi) is 4.95. The Morgan fingerprint density at radius 2 is 2.17 bits per heavy atom. The predicted octanol–water partition coefficient (Wildman–Crippen LogP) is 1.06. The molecule has 1 aliphatic rings. The summed E-state index contributed by atoms with van der Waals surface area (Å²) in [5.74, 6) is -1.01. The molecule has 1 saturated heterocycles. The highest BCUT2D eigenvalue weighted by Crippen LogP contribution is 2.23. The van der Waals surface area contributed by atoms with Crippen LogP contribution in [0.1, 0.15) is 33.6 Å². The zero-order chi connectivity index (χ0) is 13.8. The zero-order valence-corrected chi connectivity index (χ0v) is 11.2. The maximum absolute atomic E-state index is 11.9. The molecule has 0 aliphatic carbocycles. The van der Waals surface area contributed by atoms with Crippen LogP contribution in [0.2, 0.25) is 0 Å². The molecule has 6 heteroatoms. The SMILES string of the molecule is CC(C)N(CC(=O)O)C(=O)NCC1(C)CCCO1. The van der Waals surface area contributed by atoms with Crippen molar-refractivity contribution in [1.82, 2.24) is 10.2 Å². The Morgan fingerprint density at radius 3 is 2.61 bits per heavy atom. The van der Waals surface area contributed by atoms with Gasteiger partial charge in [0.25, 0.3) is 0 Å². The van der Waals surface area contributed by atoms with E-state index in [1.54, 1.807) is 13.8 Å². The van der Waals surface area contributed by atoms with Crippen LogP contribution in [0.5, 0.6) is 0 Å². The van der Waals surface area contributed by atoms with Crippen LogP contribution in [-0.4, -0.2) is 53.3 Å². The smallest absolute Gasteiger partial charge is 0.323 e. The predicted molar refractivity (Wildman–Crippen MR) is 66.5 cm³/mol. The standard InChI is InChI=1S/C12H22N2O4/c1-9(2)14(7-10(15)16)11(17)13-8-12(3)5-4-6-18-12/h9H,4-8H2,1-3H3,(H,13,17)(H,15,16). The molecule has 0 saturated carbocycles. The molecule has 0 radical (unpaired) electrons. The second-order valence-electron chi connectivity index (χ2n) is 5.18. The normalized spacial score (nSPS) is 23.1. The van der Waals surface area contributed by atoms with Gasteiger partial charge in [0.15, 0.2) is 0 Å². The van der Waals surface area contributed by atoms with E-state index >= 15 is 0 Å². The van der Waals surface area contributed by atoms with Gasteiger partial charge in [-0.05, 0) is 33.6 Å². The molecule has 1 aliphatic heterocycles. The molecule has 2 amide bonds. The molecule has 104 valence electrons. The number of aliphatic carboxylic acids is 1. The van der Waals surface area contributed by atoms with Crippen molar-refractivity contribution < 1.29 is 19.4 Å². The third-order valence-corrected chi connectivity index (χ3v) is 3.10. The monoisotopic (exact) mass is 258 g/mol. The quantitative estimate of drug-likeness (QED) is 0.773. The van der Waals surface area contributed by atoms with Crippen LogP contribution in [0.4, 0.5) is 4.79 Å². The second-order valence-corrected chi connectivity index (χ2v) is 5.18. The highest BCUT2D eigenvalue weighted by Gasteiger charge is 2.31. The van der Waals surface area contributed by atoms with Crippen molar-refractivity contribution in [2.24, 2.45) is 0 Å². The fraction of sp³-hybridized carbons (Fsp3) is 0.833. The van der Waals surface area contributed by atoms with Crippen molar-refractivity contribution in [2.75, 3.05) is 19.7 Å². The van der Waals surface area contributed by atoms with Crippen molar-refractivity contribution in [1.29, 1.82) is 0 Å². The average Bonchev–Trinajstić information content (AvgIpc) is 2.70. The highest BCUT2D eigenvalue weighted by molar-refractivity contribution is 5.80. The maximum Gasteiger partial charge on any atom is 0.323 e. The van der Waals surface area contributed by atoms with E-state index in [2.05, 4.69) is 5.32 Å². The molecule has 1 atom stereocenters. The molecule has 1 rings (SSSR count). The topological polar surface area (TPSA) is 78.9 Å². The summed E-state index contributed by atoms with van der Waals surface area (Å²) in [4.78, 5) is 23.9. The number of amides is 2. The number of nitrogens with one attached hydrogen (secondary N) is 1. The van der Waals surface area contributed by atoms with Gasteiger partial charge in [0.05, 0.1) is 5.60 Å². The van der Waals surface area contributed by atoms with Crippen LogP contribution < -0.4 is 5.32 Å². The fourth-order valence-corrected chi connectivity index (χ4v) is 1.98. The summed E-state index contributed by atoms with van der Waals surface area (Å²) in [6.45, 7) is 6.37. The molecule has 2 N–H and O–H groups in total. The molecule has 0 spiro atoms. The number of ether oxygens (including phenoxy) is 1. The number of hydrogen-bond donors (Lipinski definition) is 2. The van der Waals surface area contributed by atoms with Crippen LogP contribution in [0.15, 0.2) is 0 Å². The molecule has 0 aromatic rings. The van der Waals surface area contributed by atoms with Gasteiger partial charge in [0, 0.05) is 19.2 Å². The summed E-state index contributed by atoms with van der Waals surface area (Å²) in [5.41, 5.74) is -0.318. The Balaban J connectivity index is 2.48. The Bertz CT molecular complexity index is 311. The van der Waals surface area contributed by atoms with Crippen molar-refractivity contribution in [3.05, 3.63) is 0 Å². The molecule has 0 aromatic carbocycles. The maximum atomic E-state index is 11.9. The van der Waals surface area contributed by atoms with E-state index < -0.39 is 5.97 Å². The van der Waals surface area contributed by atoms with E-state index in [1.165, 1.54) is 4.90 Å². The minimum absolute atomic E-state index is 0.154. The van der Waals surface area contributed by atoms with Gasteiger partial charge in [-0.2, -0.15) is 0 Å². The van der Waals surface area contributed by atoms with Gasteiger partial charge in [-0.3, -0.25) is 4.79 Å². The van der Waals surface area contributed by atoms with E-state index in [0.717, 1.165) is 19.4 Å². The van der Waals surface area contributed by atoms with E-state index in [1.807, 2.05) is 6.92 Å². The van der Waals surface area contributed by atoms with Gasteiger partial charge in [0.1, 0.15) is 6.54 Å². The van der Waals surface area contributed by atoms with Crippen LogP contribution in [0, 0.1) is 0 Å². The number of nitrogens with zero attached hydrogens (tertiary/aromatic N) is 1. The van der Waals surface area contributed by atoms with E-state index in [9.17, 15) is 9.59 Å². The first-order valence-corrected chi connectivity index (χ1v) is 6.24. The van der Waals surface area contributed by atoms with Gasteiger partial charge in [0.2, 0.25) is 0 Å². The van der Waals surface area contributed by atoms with E-state index in [4.69, 9.17) is 9.84 Å². The largest absolute Gasteiger partial charge is 0.480 e. The lowest BCUT2D eigenvalue weighted by Gasteiger charge is -2.28. The summed E-state index contributed by atoms with van der Waals surface area (Å²) in [6.07, 6.45) is 1.91. The molecule has 1 unspecified atom stereocenters. The van der Waals surface area contributed by atoms with Crippen LogP contribution in [-0.2, 0) is 9.53 Å². The molecule has 6 nitrogen and oxygen atoms in total. The Labute approximate surface area is 107 Å². The van der Waals surface area contributed by atoms with E-state index in [-0.39, 0.29) is 24.2 Å². The Morgan fingerprint density at radius 1 is 1.50 bits per heavy atom. The minimum atomic E-state index is -1.01. The highest BCUT2D eigenvalue weighted by atomic mass is 16.5. The molecule has 0 bridgehead atoms. The van der Waals surface area contributed by atoms with E-state index in [0.29, 0.717) is 6.54 Å². The molecule has 1 fully saturated rings. The lowest BCUT2D eigenvalue weighted by atomic mass is 10.0. The van der Waals surface area contributed by atoms with Crippen molar-refractivity contribution >= 4 is 12.0 Å². The van der Waals surface area contributed by atoms with Crippen molar-refractivity contribution in [2.45, 2.75) is 45.3 Å². The third-order valence-electron chi connectivity index (χ3n) is 3.10. The van der Waals surface area contributed by atoms with Crippen LogP contribution >= 0.6 is 0 Å². The van der Waals surface area contributed by atoms with Gasteiger partial charge < -0.3 is 20.1 Å². The van der Waals surface area contributed by atoms with Crippen molar-refractivity contribution in [3.63, 3.8) is 0 Å². The number of hydrogen-bond acceptors (Lipinski definition) is 3. The van der Waals surface area contributed by atoms with Gasteiger partial charge in [-0.25, -0.2) is 4.79 Å². The molecule has 1 heterocycles. The molecular weight excluding hydrogens is 236 g/mol. The minimum Gasteiger partial charge on any atom is -0.480 e. The van der Waals surface area contributed by atoms with Crippen LogP contribution in [0.3, 0.4) is 0 Å². The molecule has 18 heavy (non-hydrogen) atoms. The number of carboxylic acids is 1. The molecule has 0 aromatic heterocycles. The number of carbonyl (C=O) groups is 2. The summed E-state index contributed by atoms with van der Waals surface area (Å²) >= 11 is 0. The first kappa shape index (κ1) is 14.8. The fourth-order valence-electron chi connectivity index (χ4n) is 1.98. The number of carboxylic acid groups (broad SMARTS) is 1. The summed E-state index contributed by atoms with van der Waals surface area (Å²) in [7, 11) is 0. The lowest BCUT2D eigenvalue weighted by Crippen LogP contribution is -2.50. The Hall–Kier alpha value is -1.30. The number of urea groups is 1. The first-order chi connectivity index (χ1) is 8.34. The third kappa shape index (κ3) is 4.18. The average molecular weight is 258 g/mol. The van der Waals surface area contributed by atoms with Gasteiger partial charge in [-0.15, -0.1) is 0 Å². The molecular formula is C12H22N2O4. The van der Waals surface area contributed by atoms with Gasteiger partial charge in [-0.1, -0.05) is 0 Å². The number of rotatable bonds is 5. The lowest BCUT2D eigenvalue weighted by molar-refractivity contribution is -0.138. The zero-order valence-electron chi connectivity index (χ0n) is 11.2. The summed E-state index contributed by atoms with van der Waals surface area (Å²) in [5, 5.41) is 11.5. The second kappa shape index (κ2) is 6.04. The summed E-state index contributed by atoms with van der Waals surface area (Å²) < 4.78 is 5.56. The van der Waals surface area contributed by atoms with Crippen molar-refractivity contribution in [3.8, 4) is 0 Å². The summed E-state index contributed by atoms with van der Waals surface area (Å²) in [6, 6.07) is -0.512.